The number of aryl methyl sites for hydroxylation is 1. The number of hydrogen-bond acceptors (Lipinski definition) is 3. The summed E-state index contributed by atoms with van der Waals surface area (Å²) in [5.74, 6) is -0.893. The van der Waals surface area contributed by atoms with Gasteiger partial charge in [0, 0.05) is 19.0 Å². The second kappa shape index (κ2) is 10.8. The van der Waals surface area contributed by atoms with Crippen molar-refractivity contribution in [2.24, 2.45) is 0 Å². The number of carboxylic acids is 1. The van der Waals surface area contributed by atoms with E-state index in [1.165, 1.54) is 6.07 Å². The Morgan fingerprint density at radius 2 is 1.85 bits per heavy atom. The van der Waals surface area contributed by atoms with Gasteiger partial charge < -0.3 is 15.1 Å². The van der Waals surface area contributed by atoms with E-state index in [-0.39, 0.29) is 23.9 Å². The van der Waals surface area contributed by atoms with Gasteiger partial charge in [0.25, 0.3) is 0 Å². The van der Waals surface area contributed by atoms with E-state index in [0.29, 0.717) is 44.2 Å². The second-order valence-corrected chi connectivity index (χ2v) is 8.52. The molecule has 0 radical (unpaired) electrons. The van der Waals surface area contributed by atoms with E-state index in [1.54, 1.807) is 30.3 Å². The molecular weight excluding hydrogens is 435 g/mol. The Hall–Kier alpha value is -2.87. The molecule has 0 unspecified atom stereocenters. The number of carbonyl (C=O) groups is 2. The molecule has 1 saturated heterocycles. The third-order valence-corrected chi connectivity index (χ3v) is 6.08. The number of aromatic carboxylic acids is 1. The zero-order valence-corrected chi connectivity index (χ0v) is 18.2. The van der Waals surface area contributed by atoms with Gasteiger partial charge in [-0.3, -0.25) is 4.79 Å². The minimum absolute atomic E-state index is 0.0167. The highest BCUT2D eigenvalue weighted by molar-refractivity contribution is 5.87. The third-order valence-electron chi connectivity index (χ3n) is 6.08. The molecule has 178 valence electrons. The fraction of sp³-hybridized carbons (Fsp3) is 0.440. The predicted octanol–water partition coefficient (Wildman–Crippen LogP) is 4.71. The van der Waals surface area contributed by atoms with Crippen LogP contribution in [0.2, 0.25) is 0 Å². The van der Waals surface area contributed by atoms with Gasteiger partial charge in [0.2, 0.25) is 5.91 Å². The van der Waals surface area contributed by atoms with Crippen LogP contribution in [-0.4, -0.2) is 45.7 Å². The van der Waals surface area contributed by atoms with E-state index in [4.69, 9.17) is 5.11 Å². The first-order valence-corrected chi connectivity index (χ1v) is 11.1. The summed E-state index contributed by atoms with van der Waals surface area (Å²) in [6.07, 6.45) is -1.43. The van der Waals surface area contributed by atoms with E-state index < -0.39 is 23.8 Å². The Kier molecular flexibility index (Phi) is 8.13. The van der Waals surface area contributed by atoms with Crippen molar-refractivity contribution >= 4 is 11.9 Å². The lowest BCUT2D eigenvalue weighted by molar-refractivity contribution is -0.137. The van der Waals surface area contributed by atoms with Gasteiger partial charge in [0.15, 0.2) is 0 Å². The Balaban J connectivity index is 1.47. The Bertz CT molecular complexity index is 959. The number of nitrogens with zero attached hydrogens (tertiary/aromatic N) is 1. The van der Waals surface area contributed by atoms with Gasteiger partial charge in [-0.15, -0.1) is 0 Å². The van der Waals surface area contributed by atoms with Gasteiger partial charge >= 0.3 is 12.1 Å². The molecule has 2 atom stereocenters. The van der Waals surface area contributed by atoms with Gasteiger partial charge in [-0.1, -0.05) is 30.3 Å². The molecule has 1 aliphatic rings. The molecule has 1 heterocycles. The summed E-state index contributed by atoms with van der Waals surface area (Å²) in [4.78, 5) is 25.1. The van der Waals surface area contributed by atoms with E-state index in [2.05, 4.69) is 0 Å². The third kappa shape index (κ3) is 7.05. The molecule has 3 rings (SSSR count). The van der Waals surface area contributed by atoms with Gasteiger partial charge in [-0.2, -0.15) is 13.2 Å². The van der Waals surface area contributed by atoms with Gasteiger partial charge in [0.1, 0.15) is 0 Å². The van der Waals surface area contributed by atoms with E-state index in [0.717, 1.165) is 24.1 Å². The maximum Gasteiger partial charge on any atom is 0.416 e. The quantitative estimate of drug-likeness (QED) is 0.535. The van der Waals surface area contributed by atoms with Crippen LogP contribution >= 0.6 is 0 Å². The standard InChI is InChI=1S/C25H28F3NO4/c26-25(27,28)20-5-1-3-18(15-20)16-22(30)12-10-21-11-13-23(31)29(21)14-2-4-17-6-8-19(9-7-17)24(32)33/h1,3,5-9,15,21-22,30H,2,4,10-14,16H2,(H,32,33)/t21-,22+/m0/s1. The number of carbonyl (C=O) groups excluding carboxylic acids is 1. The van der Waals surface area contributed by atoms with Gasteiger partial charge in [-0.25, -0.2) is 4.79 Å². The number of carboxylic acid groups (broad SMARTS) is 1. The summed E-state index contributed by atoms with van der Waals surface area (Å²) in [5, 5.41) is 19.3. The fourth-order valence-electron chi connectivity index (χ4n) is 4.30. The average molecular weight is 463 g/mol. The fourth-order valence-corrected chi connectivity index (χ4v) is 4.30. The normalized spacial score (nSPS) is 17.4. The first-order chi connectivity index (χ1) is 15.6. The summed E-state index contributed by atoms with van der Waals surface area (Å²) in [6, 6.07) is 11.7. The Morgan fingerprint density at radius 3 is 2.52 bits per heavy atom. The minimum atomic E-state index is -4.41. The molecular formula is C25H28F3NO4. The van der Waals surface area contributed by atoms with Crippen molar-refractivity contribution in [3.8, 4) is 0 Å². The van der Waals surface area contributed by atoms with E-state index >= 15 is 0 Å². The van der Waals surface area contributed by atoms with Gasteiger partial charge in [0.05, 0.1) is 17.2 Å². The maximum absolute atomic E-state index is 12.9. The molecule has 0 saturated carbocycles. The first-order valence-electron chi connectivity index (χ1n) is 11.1. The molecule has 0 aromatic heterocycles. The monoisotopic (exact) mass is 463 g/mol. The minimum Gasteiger partial charge on any atom is -0.478 e. The van der Waals surface area contributed by atoms with Crippen molar-refractivity contribution in [1.82, 2.24) is 4.90 Å². The van der Waals surface area contributed by atoms with Crippen LogP contribution in [0, 0.1) is 0 Å². The number of aliphatic hydroxyl groups excluding tert-OH is 1. The molecule has 2 aromatic rings. The molecule has 0 bridgehead atoms. The van der Waals surface area contributed by atoms with Crippen LogP contribution in [0.25, 0.3) is 0 Å². The van der Waals surface area contributed by atoms with Crippen LogP contribution in [-0.2, 0) is 23.8 Å². The highest BCUT2D eigenvalue weighted by Crippen LogP contribution is 2.30. The molecule has 8 heteroatoms. The summed E-state index contributed by atoms with van der Waals surface area (Å²) < 4.78 is 38.6. The summed E-state index contributed by atoms with van der Waals surface area (Å²) >= 11 is 0. The smallest absolute Gasteiger partial charge is 0.416 e. The molecule has 1 aliphatic heterocycles. The van der Waals surface area contributed by atoms with Crippen LogP contribution in [0.1, 0.15) is 59.2 Å². The lowest BCUT2D eigenvalue weighted by atomic mass is 9.99. The first kappa shape index (κ1) is 24.8. The molecule has 0 spiro atoms. The SMILES string of the molecule is O=C(O)c1ccc(CCCN2C(=O)CC[C@@H]2CC[C@@H](O)Cc2cccc(C(F)(F)F)c2)cc1. The number of alkyl halides is 3. The van der Waals surface area contributed by atoms with E-state index in [1.807, 2.05) is 4.90 Å². The van der Waals surface area contributed by atoms with Crippen LogP contribution in [0.3, 0.4) is 0 Å². The number of aliphatic hydroxyl groups is 1. The number of benzene rings is 2. The molecule has 33 heavy (non-hydrogen) atoms. The van der Waals surface area contributed by atoms with Crippen LogP contribution < -0.4 is 0 Å². The molecule has 1 amide bonds. The highest BCUT2D eigenvalue weighted by Gasteiger charge is 2.31. The highest BCUT2D eigenvalue weighted by atomic mass is 19.4. The molecule has 2 aromatic carbocycles. The summed E-state index contributed by atoms with van der Waals surface area (Å²) in [6.45, 7) is 0.577. The largest absolute Gasteiger partial charge is 0.478 e. The molecule has 2 N–H and O–H groups in total. The number of halogens is 3. The van der Waals surface area contributed by atoms with Crippen molar-refractivity contribution in [3.63, 3.8) is 0 Å². The van der Waals surface area contributed by atoms with Crippen molar-refractivity contribution < 1.29 is 33.0 Å². The predicted molar refractivity (Wildman–Crippen MR) is 117 cm³/mol. The van der Waals surface area contributed by atoms with Crippen LogP contribution in [0.5, 0.6) is 0 Å². The molecule has 1 fully saturated rings. The summed E-state index contributed by atoms with van der Waals surface area (Å²) in [5.41, 5.74) is 0.944. The van der Waals surface area contributed by atoms with Crippen molar-refractivity contribution in [2.75, 3.05) is 6.54 Å². The lowest BCUT2D eigenvalue weighted by Crippen LogP contribution is -2.34. The molecule has 5 nitrogen and oxygen atoms in total. The van der Waals surface area contributed by atoms with Crippen LogP contribution in [0.15, 0.2) is 48.5 Å². The van der Waals surface area contributed by atoms with Crippen LogP contribution in [0.4, 0.5) is 13.2 Å². The lowest BCUT2D eigenvalue weighted by Gasteiger charge is -2.26. The zero-order chi connectivity index (χ0) is 24.0. The number of amides is 1. The Morgan fingerprint density at radius 1 is 1.12 bits per heavy atom. The summed E-state index contributed by atoms with van der Waals surface area (Å²) in [7, 11) is 0. The number of likely N-dealkylation sites (tertiary alicyclic amines) is 1. The van der Waals surface area contributed by atoms with E-state index in [9.17, 15) is 27.9 Å². The zero-order valence-electron chi connectivity index (χ0n) is 18.2. The molecule has 0 aliphatic carbocycles. The van der Waals surface area contributed by atoms with Crippen molar-refractivity contribution in [3.05, 3.63) is 70.8 Å². The van der Waals surface area contributed by atoms with Gasteiger partial charge in [-0.05, 0) is 67.9 Å². The maximum atomic E-state index is 12.9. The number of rotatable bonds is 10. The van der Waals surface area contributed by atoms with Crippen molar-refractivity contribution in [1.29, 1.82) is 0 Å². The average Bonchev–Trinajstić information content (AvgIpc) is 3.12. The number of hydrogen-bond donors (Lipinski definition) is 2. The topological polar surface area (TPSA) is 77.8 Å². The second-order valence-electron chi connectivity index (χ2n) is 8.52. The Labute approximate surface area is 190 Å². The van der Waals surface area contributed by atoms with Crippen molar-refractivity contribution in [2.45, 2.75) is 63.3 Å².